The number of benzene rings is 3. The van der Waals surface area contributed by atoms with Gasteiger partial charge in [0.15, 0.2) is 27.1 Å². The molecule has 0 aliphatic carbocycles. The van der Waals surface area contributed by atoms with Crippen LogP contribution in [0.15, 0.2) is 102 Å². The number of nitrogens with zero attached hydrogens (tertiary/aromatic N) is 5. The molecule has 1 atom stereocenters. The van der Waals surface area contributed by atoms with Gasteiger partial charge in [0, 0.05) is 44.2 Å². The molecule has 0 bridgehead atoms. The van der Waals surface area contributed by atoms with Crippen LogP contribution < -0.4 is 14.8 Å². The third kappa shape index (κ3) is 16.4. The number of hydrogen-bond acceptors (Lipinski definition) is 12. The van der Waals surface area contributed by atoms with Crippen molar-refractivity contribution >= 4 is 45.5 Å². The fourth-order valence-electron chi connectivity index (χ4n) is 7.55. The van der Waals surface area contributed by atoms with E-state index in [0.29, 0.717) is 49.3 Å². The van der Waals surface area contributed by atoms with Crippen LogP contribution in [0.5, 0.6) is 11.5 Å². The standard InChI is InChI=1S/C51H65N7O9S/c1-38(2)45(59)33-56(28-23-40-17-20-44(21-18-40)68(4,64)65)49(61)35-57(32-42-19-22-46-47(29-42)67-37-66-46)50(62)34-55(27-10-6-9-24-52)51(63)36-58(39(3)43-15-7-5-8-16-43)48(60)31-54-26-12-14-41-13-11-25-53-30-41/h5,7-8,11,13,15-22,24-25,29-30,38-39,52,54H,6,9-10,12,14,23,26-28,31-37H2,1-4H3. The van der Waals surface area contributed by atoms with Crippen LogP contribution in [0.2, 0.25) is 0 Å². The monoisotopic (exact) mass is 951 g/mol. The number of ether oxygens (including phenoxy) is 2. The van der Waals surface area contributed by atoms with Crippen molar-refractivity contribution in [2.75, 3.05) is 65.4 Å². The summed E-state index contributed by atoms with van der Waals surface area (Å²) in [4.78, 5) is 80.9. The number of aromatic nitrogens is 1. The number of aryl methyl sites for hydroxylation is 1. The number of carbonyl (C=O) groups is 5. The van der Waals surface area contributed by atoms with Gasteiger partial charge in [0.1, 0.15) is 13.1 Å². The van der Waals surface area contributed by atoms with Crippen molar-refractivity contribution in [3.05, 3.63) is 120 Å². The van der Waals surface area contributed by atoms with Gasteiger partial charge in [-0.1, -0.05) is 68.4 Å². The lowest BCUT2D eigenvalue weighted by molar-refractivity contribution is -0.147. The van der Waals surface area contributed by atoms with Gasteiger partial charge in [0.05, 0.1) is 30.6 Å². The molecule has 364 valence electrons. The molecule has 2 heterocycles. The molecule has 2 N–H and O–H groups in total. The first kappa shape index (κ1) is 52.5. The first-order chi connectivity index (χ1) is 32.6. The summed E-state index contributed by atoms with van der Waals surface area (Å²) in [5.41, 5.74) is 3.31. The zero-order chi connectivity index (χ0) is 49.1. The summed E-state index contributed by atoms with van der Waals surface area (Å²) in [7, 11) is -3.42. The molecule has 0 radical (unpaired) electrons. The van der Waals surface area contributed by atoms with E-state index in [1.54, 1.807) is 50.4 Å². The summed E-state index contributed by atoms with van der Waals surface area (Å²) in [6, 6.07) is 24.4. The predicted molar refractivity (Wildman–Crippen MR) is 259 cm³/mol. The van der Waals surface area contributed by atoms with Crippen LogP contribution in [0.4, 0.5) is 0 Å². The Morgan fingerprint density at radius 2 is 1.40 bits per heavy atom. The van der Waals surface area contributed by atoms with Crippen LogP contribution in [-0.4, -0.2) is 134 Å². The fraction of sp³-hybridized carbons (Fsp3) is 0.431. The van der Waals surface area contributed by atoms with Gasteiger partial charge in [-0.25, -0.2) is 8.42 Å². The smallest absolute Gasteiger partial charge is 0.242 e. The van der Waals surface area contributed by atoms with Crippen molar-refractivity contribution in [3.63, 3.8) is 0 Å². The molecular weight excluding hydrogens is 887 g/mol. The summed E-state index contributed by atoms with van der Waals surface area (Å²) in [6.07, 6.45) is 9.37. The van der Waals surface area contributed by atoms with E-state index in [1.807, 2.05) is 55.6 Å². The third-order valence-corrected chi connectivity index (χ3v) is 12.9. The molecule has 1 unspecified atom stereocenters. The van der Waals surface area contributed by atoms with Crippen molar-refractivity contribution < 1.29 is 41.9 Å². The van der Waals surface area contributed by atoms with E-state index in [0.717, 1.165) is 35.8 Å². The highest BCUT2D eigenvalue weighted by Gasteiger charge is 2.30. The molecule has 0 saturated heterocycles. The molecular formula is C51H65N7O9S. The summed E-state index contributed by atoms with van der Waals surface area (Å²) < 4.78 is 35.3. The molecule has 0 saturated carbocycles. The minimum atomic E-state index is -3.42. The number of Topliss-reactive ketones (excluding diaryl/α,β-unsaturated/α-hetero) is 1. The SMILES string of the molecule is CC(C)C(=O)CN(CCc1ccc(S(C)(=O)=O)cc1)C(=O)CN(Cc1ccc2c(c1)OCO2)C(=O)CN(CCCCC=N)C(=O)CN(C(=O)CNCCCc1cccnc1)C(C)c1ccccc1. The number of carbonyl (C=O) groups excluding carboxylic acids is 5. The maximum Gasteiger partial charge on any atom is 0.242 e. The van der Waals surface area contributed by atoms with Gasteiger partial charge in [-0.2, -0.15) is 0 Å². The quantitative estimate of drug-likeness (QED) is 0.0554. The molecule has 0 spiro atoms. The second kappa shape index (κ2) is 26.2. The number of pyridine rings is 1. The van der Waals surface area contributed by atoms with Crippen LogP contribution in [-0.2, 0) is 53.2 Å². The third-order valence-electron chi connectivity index (χ3n) is 11.8. The minimum absolute atomic E-state index is 0.0110. The highest BCUT2D eigenvalue weighted by Crippen LogP contribution is 2.33. The summed E-state index contributed by atoms with van der Waals surface area (Å²) in [5.74, 6) is -1.30. The molecule has 4 amide bonds. The van der Waals surface area contributed by atoms with E-state index in [1.165, 1.54) is 37.9 Å². The van der Waals surface area contributed by atoms with E-state index in [-0.39, 0.29) is 68.6 Å². The van der Waals surface area contributed by atoms with Gasteiger partial charge < -0.3 is 39.8 Å². The molecule has 1 aromatic heterocycles. The van der Waals surface area contributed by atoms with Crippen LogP contribution in [0.25, 0.3) is 0 Å². The van der Waals surface area contributed by atoms with Crippen molar-refractivity contribution in [2.24, 2.45) is 5.92 Å². The summed E-state index contributed by atoms with van der Waals surface area (Å²) in [6.45, 7) is 4.81. The maximum absolute atomic E-state index is 14.7. The van der Waals surface area contributed by atoms with Gasteiger partial charge >= 0.3 is 0 Å². The van der Waals surface area contributed by atoms with Gasteiger partial charge in [0.25, 0.3) is 0 Å². The molecule has 3 aromatic carbocycles. The van der Waals surface area contributed by atoms with Crippen LogP contribution in [0, 0.1) is 11.3 Å². The Labute approximate surface area is 400 Å². The van der Waals surface area contributed by atoms with Crippen molar-refractivity contribution in [1.29, 1.82) is 5.41 Å². The Kier molecular flexibility index (Phi) is 20.2. The molecule has 16 nitrogen and oxygen atoms in total. The average Bonchev–Trinajstić information content (AvgIpc) is 3.81. The topological polar surface area (TPSA) is 200 Å². The second-order valence-electron chi connectivity index (χ2n) is 17.3. The predicted octanol–water partition coefficient (Wildman–Crippen LogP) is 5.30. The van der Waals surface area contributed by atoms with E-state index in [4.69, 9.17) is 14.9 Å². The molecule has 17 heteroatoms. The highest BCUT2D eigenvalue weighted by molar-refractivity contribution is 7.90. The number of sulfone groups is 1. The Morgan fingerprint density at radius 1 is 0.721 bits per heavy atom. The molecule has 5 rings (SSSR count). The normalized spacial score (nSPS) is 12.3. The van der Waals surface area contributed by atoms with Crippen molar-refractivity contribution in [1.82, 2.24) is 29.9 Å². The number of rotatable bonds is 28. The van der Waals surface area contributed by atoms with Crippen LogP contribution >= 0.6 is 0 Å². The van der Waals surface area contributed by atoms with Crippen LogP contribution in [0.1, 0.15) is 74.8 Å². The zero-order valence-corrected chi connectivity index (χ0v) is 40.4. The number of unbranched alkanes of at least 4 members (excludes halogenated alkanes) is 2. The summed E-state index contributed by atoms with van der Waals surface area (Å²) >= 11 is 0. The van der Waals surface area contributed by atoms with Crippen molar-refractivity contribution in [2.45, 2.75) is 76.8 Å². The first-order valence-corrected chi connectivity index (χ1v) is 25.0. The van der Waals surface area contributed by atoms with Gasteiger partial charge in [-0.3, -0.25) is 29.0 Å². The Hall–Kier alpha value is -6.46. The van der Waals surface area contributed by atoms with E-state index >= 15 is 0 Å². The lowest BCUT2D eigenvalue weighted by Crippen LogP contribution is -2.51. The van der Waals surface area contributed by atoms with E-state index in [9.17, 15) is 32.4 Å². The lowest BCUT2D eigenvalue weighted by Gasteiger charge is -2.33. The first-order valence-electron chi connectivity index (χ1n) is 23.1. The lowest BCUT2D eigenvalue weighted by atomic mass is 10.1. The number of fused-ring (bicyclic) bond motifs is 1. The number of nitrogens with one attached hydrogen (secondary N) is 2. The molecule has 4 aromatic rings. The molecule has 1 aliphatic heterocycles. The fourth-order valence-corrected chi connectivity index (χ4v) is 8.18. The maximum atomic E-state index is 14.7. The number of amides is 4. The van der Waals surface area contributed by atoms with Gasteiger partial charge in [-0.15, -0.1) is 0 Å². The van der Waals surface area contributed by atoms with Crippen molar-refractivity contribution in [3.8, 4) is 11.5 Å². The van der Waals surface area contributed by atoms with E-state index < -0.39 is 46.7 Å². The molecule has 1 aliphatic rings. The average molecular weight is 952 g/mol. The Morgan fingerprint density at radius 3 is 2.09 bits per heavy atom. The zero-order valence-electron chi connectivity index (χ0n) is 39.6. The van der Waals surface area contributed by atoms with Gasteiger partial charge in [0.2, 0.25) is 30.4 Å². The Bertz CT molecular complexity index is 2420. The molecule has 68 heavy (non-hydrogen) atoms. The second-order valence-corrected chi connectivity index (χ2v) is 19.3. The largest absolute Gasteiger partial charge is 0.454 e. The summed E-state index contributed by atoms with van der Waals surface area (Å²) in [5, 5.41) is 10.8. The minimum Gasteiger partial charge on any atom is -0.454 e. The molecule has 0 fully saturated rings. The highest BCUT2D eigenvalue weighted by atomic mass is 32.2. The van der Waals surface area contributed by atoms with Gasteiger partial charge in [-0.05, 0) is 111 Å². The Balaban J connectivity index is 1.38. The number of hydrogen-bond donors (Lipinski definition) is 2. The van der Waals surface area contributed by atoms with Crippen LogP contribution in [0.3, 0.4) is 0 Å². The number of ketones is 1. The van der Waals surface area contributed by atoms with E-state index in [2.05, 4.69) is 10.3 Å².